The van der Waals surface area contributed by atoms with E-state index in [0.717, 1.165) is 6.42 Å². The molecule has 2 N–H and O–H groups in total. The van der Waals surface area contributed by atoms with Crippen molar-refractivity contribution in [3.05, 3.63) is 29.8 Å². The lowest BCUT2D eigenvalue weighted by Crippen LogP contribution is -2.61. The van der Waals surface area contributed by atoms with Crippen LogP contribution in [0.4, 0.5) is 13.2 Å². The monoisotopic (exact) mass is 370 g/mol. The number of phenols is 1. The Labute approximate surface area is 149 Å². The fraction of sp³-hybridized carbons (Fsp3) is 0.556. The summed E-state index contributed by atoms with van der Waals surface area (Å²) in [5, 5.41) is 24.4. The van der Waals surface area contributed by atoms with E-state index in [-0.39, 0.29) is 35.7 Å². The number of rotatable bonds is 3. The molecule has 1 heterocycles. The minimum absolute atomic E-state index is 0.0238. The van der Waals surface area contributed by atoms with Crippen molar-refractivity contribution >= 4 is 11.6 Å². The summed E-state index contributed by atoms with van der Waals surface area (Å²) >= 11 is 0. The van der Waals surface area contributed by atoms with E-state index < -0.39 is 23.7 Å². The molecule has 1 aliphatic carbocycles. The fourth-order valence-corrected chi connectivity index (χ4v) is 3.71. The van der Waals surface area contributed by atoms with Crippen LogP contribution in [0.15, 0.2) is 29.4 Å². The molecule has 8 heteroatoms. The van der Waals surface area contributed by atoms with Gasteiger partial charge >= 0.3 is 6.18 Å². The maximum Gasteiger partial charge on any atom is 0.439 e. The molecule has 1 aliphatic heterocycles. The SMILES string of the molecule is O=C(CCc1ccccc1O)N1N=C2CCCCC[C@@H]2[C@@]1(O)C(F)(F)F. The average molecular weight is 370 g/mol. The van der Waals surface area contributed by atoms with Crippen LogP contribution in [0.5, 0.6) is 5.75 Å². The van der Waals surface area contributed by atoms with Gasteiger partial charge in [0.2, 0.25) is 5.91 Å². The van der Waals surface area contributed by atoms with Crippen LogP contribution in [0.1, 0.15) is 44.1 Å². The number of nitrogens with zero attached hydrogens (tertiary/aromatic N) is 2. The molecule has 1 aromatic carbocycles. The molecule has 1 aromatic rings. The molecule has 0 aromatic heterocycles. The normalized spacial score (nSPS) is 26.2. The molecule has 2 aliphatic rings. The number of aromatic hydroxyl groups is 1. The number of alkyl halides is 3. The number of amides is 1. The number of carbonyl (C=O) groups excluding carboxylic acids is 1. The van der Waals surface area contributed by atoms with Gasteiger partial charge in [-0.1, -0.05) is 31.0 Å². The quantitative estimate of drug-likeness (QED) is 0.857. The number of fused-ring (bicyclic) bond motifs is 1. The minimum atomic E-state index is -5.00. The van der Waals surface area contributed by atoms with Gasteiger partial charge < -0.3 is 10.2 Å². The Kier molecular flexibility index (Phi) is 4.96. The van der Waals surface area contributed by atoms with Crippen LogP contribution in [0.3, 0.4) is 0 Å². The van der Waals surface area contributed by atoms with Crippen molar-refractivity contribution in [1.82, 2.24) is 5.01 Å². The molecule has 1 fully saturated rings. The van der Waals surface area contributed by atoms with Crippen molar-refractivity contribution in [1.29, 1.82) is 0 Å². The van der Waals surface area contributed by atoms with E-state index in [1.165, 1.54) is 6.07 Å². The third kappa shape index (κ3) is 3.18. The number of para-hydroxylation sites is 1. The van der Waals surface area contributed by atoms with E-state index in [4.69, 9.17) is 0 Å². The van der Waals surface area contributed by atoms with Crippen molar-refractivity contribution < 1.29 is 28.2 Å². The van der Waals surface area contributed by atoms with Crippen LogP contribution >= 0.6 is 0 Å². The first-order valence-corrected chi connectivity index (χ1v) is 8.71. The van der Waals surface area contributed by atoms with Gasteiger partial charge in [-0.3, -0.25) is 4.79 Å². The number of benzene rings is 1. The van der Waals surface area contributed by atoms with Crippen LogP contribution < -0.4 is 0 Å². The molecule has 0 bridgehead atoms. The largest absolute Gasteiger partial charge is 0.508 e. The first-order chi connectivity index (χ1) is 12.2. The Balaban J connectivity index is 1.84. The molecular formula is C18H21F3N2O3. The van der Waals surface area contributed by atoms with E-state index in [0.29, 0.717) is 24.8 Å². The zero-order valence-electron chi connectivity index (χ0n) is 14.2. The first-order valence-electron chi connectivity index (χ1n) is 8.71. The number of halogens is 3. The van der Waals surface area contributed by atoms with Crippen LogP contribution in [0.25, 0.3) is 0 Å². The summed E-state index contributed by atoms with van der Waals surface area (Å²) in [6.45, 7) is 0. The first kappa shape index (κ1) is 18.7. The molecule has 0 unspecified atom stereocenters. The van der Waals surface area contributed by atoms with Crippen molar-refractivity contribution in [3.63, 3.8) is 0 Å². The van der Waals surface area contributed by atoms with E-state index >= 15 is 0 Å². The number of aryl methyl sites for hydroxylation is 1. The number of aliphatic hydroxyl groups is 1. The Morgan fingerprint density at radius 3 is 2.69 bits per heavy atom. The van der Waals surface area contributed by atoms with E-state index in [1.807, 2.05) is 0 Å². The molecule has 0 radical (unpaired) electrons. The maximum atomic E-state index is 13.7. The highest BCUT2D eigenvalue weighted by Gasteiger charge is 2.67. The molecule has 26 heavy (non-hydrogen) atoms. The second-order valence-electron chi connectivity index (χ2n) is 6.80. The lowest BCUT2D eigenvalue weighted by Gasteiger charge is -2.37. The number of hydrogen-bond acceptors (Lipinski definition) is 4. The van der Waals surface area contributed by atoms with Gasteiger partial charge in [-0.25, -0.2) is 0 Å². The third-order valence-corrected chi connectivity index (χ3v) is 5.12. The summed E-state index contributed by atoms with van der Waals surface area (Å²) in [7, 11) is 0. The topological polar surface area (TPSA) is 73.1 Å². The highest BCUT2D eigenvalue weighted by molar-refractivity contribution is 5.93. The number of carbonyl (C=O) groups is 1. The number of hydrogen-bond donors (Lipinski definition) is 2. The van der Waals surface area contributed by atoms with Crippen LogP contribution in [0, 0.1) is 5.92 Å². The maximum absolute atomic E-state index is 13.7. The zero-order valence-corrected chi connectivity index (χ0v) is 14.2. The summed E-state index contributed by atoms with van der Waals surface area (Å²) < 4.78 is 41.2. The lowest BCUT2D eigenvalue weighted by atomic mass is 9.87. The molecule has 1 saturated carbocycles. The molecule has 0 spiro atoms. The molecule has 1 amide bonds. The molecule has 5 nitrogen and oxygen atoms in total. The Morgan fingerprint density at radius 1 is 1.27 bits per heavy atom. The Morgan fingerprint density at radius 2 is 2.00 bits per heavy atom. The van der Waals surface area contributed by atoms with Crippen molar-refractivity contribution in [2.75, 3.05) is 0 Å². The Bertz CT molecular complexity index is 720. The van der Waals surface area contributed by atoms with Gasteiger partial charge in [0.25, 0.3) is 5.72 Å². The molecule has 0 saturated heterocycles. The summed E-state index contributed by atoms with van der Waals surface area (Å²) in [4.78, 5) is 12.5. The number of hydrazone groups is 1. The van der Waals surface area contributed by atoms with Gasteiger partial charge in [0.15, 0.2) is 0 Å². The van der Waals surface area contributed by atoms with Gasteiger partial charge in [0.05, 0.1) is 5.92 Å². The third-order valence-electron chi connectivity index (χ3n) is 5.12. The molecule has 2 atom stereocenters. The summed E-state index contributed by atoms with van der Waals surface area (Å²) in [5.74, 6) is -2.14. The molecule has 142 valence electrons. The zero-order chi connectivity index (χ0) is 18.9. The van der Waals surface area contributed by atoms with Crippen LogP contribution in [-0.2, 0) is 11.2 Å². The van der Waals surface area contributed by atoms with Crippen molar-refractivity contribution in [2.45, 2.75) is 56.8 Å². The minimum Gasteiger partial charge on any atom is -0.508 e. The molecular weight excluding hydrogens is 349 g/mol. The predicted octanol–water partition coefficient (Wildman–Crippen LogP) is 3.35. The highest BCUT2D eigenvalue weighted by atomic mass is 19.4. The second-order valence-corrected chi connectivity index (χ2v) is 6.80. The summed E-state index contributed by atoms with van der Waals surface area (Å²) in [6.07, 6.45) is -2.69. The predicted molar refractivity (Wildman–Crippen MR) is 88.3 cm³/mol. The van der Waals surface area contributed by atoms with Crippen LogP contribution in [0.2, 0.25) is 0 Å². The lowest BCUT2D eigenvalue weighted by molar-refractivity contribution is -0.316. The summed E-state index contributed by atoms with van der Waals surface area (Å²) in [5.41, 5.74) is -2.58. The van der Waals surface area contributed by atoms with E-state index in [2.05, 4.69) is 5.10 Å². The van der Waals surface area contributed by atoms with Gasteiger partial charge in [-0.15, -0.1) is 0 Å². The summed E-state index contributed by atoms with van der Waals surface area (Å²) in [6, 6.07) is 6.32. The van der Waals surface area contributed by atoms with Gasteiger partial charge in [0.1, 0.15) is 5.75 Å². The fourth-order valence-electron chi connectivity index (χ4n) is 3.71. The van der Waals surface area contributed by atoms with E-state index in [1.54, 1.807) is 18.2 Å². The van der Waals surface area contributed by atoms with Crippen LogP contribution in [-0.4, -0.2) is 38.7 Å². The van der Waals surface area contributed by atoms with Gasteiger partial charge in [-0.05, 0) is 37.3 Å². The standard InChI is InChI=1S/C18H21F3N2O3/c19-18(20,21)17(26)13-7-2-1-3-8-14(13)22-23(17)16(25)11-10-12-6-4-5-9-15(12)24/h4-6,9,13,24,26H,1-3,7-8,10-11H2/t13-,17+/m0/s1. The smallest absolute Gasteiger partial charge is 0.439 e. The average Bonchev–Trinajstić information content (AvgIpc) is 2.73. The van der Waals surface area contributed by atoms with Crippen molar-refractivity contribution in [3.8, 4) is 5.75 Å². The second kappa shape index (κ2) is 6.90. The molecule has 3 rings (SSSR count). The Hall–Kier alpha value is -2.09. The number of phenolic OH excluding ortho intramolecular Hbond substituents is 1. The van der Waals surface area contributed by atoms with Gasteiger partial charge in [0, 0.05) is 12.1 Å². The highest BCUT2D eigenvalue weighted by Crippen LogP contribution is 2.47. The van der Waals surface area contributed by atoms with Crippen molar-refractivity contribution in [2.24, 2.45) is 11.0 Å². The van der Waals surface area contributed by atoms with E-state index in [9.17, 15) is 28.2 Å². The van der Waals surface area contributed by atoms with Gasteiger partial charge in [-0.2, -0.15) is 23.3 Å².